The quantitative estimate of drug-likeness (QED) is 0.137. The van der Waals surface area contributed by atoms with Crippen molar-refractivity contribution in [1.82, 2.24) is 9.97 Å². The first-order chi connectivity index (χ1) is 19.7. The van der Waals surface area contributed by atoms with Crippen LogP contribution < -0.4 is 9.64 Å². The van der Waals surface area contributed by atoms with Crippen LogP contribution >= 0.6 is 23.4 Å². The maximum Gasteiger partial charge on any atom is 0.190 e. The van der Waals surface area contributed by atoms with E-state index in [1.165, 1.54) is 24.9 Å². The number of ether oxygens (including phenoxy) is 3. The van der Waals surface area contributed by atoms with Crippen LogP contribution in [-0.4, -0.2) is 66.6 Å². The molecule has 1 fully saturated rings. The Morgan fingerprint density at radius 2 is 2.00 bits per heavy atom. The molecule has 0 radical (unpaired) electrons. The molecule has 1 aliphatic rings. The van der Waals surface area contributed by atoms with Crippen molar-refractivity contribution in [3.63, 3.8) is 0 Å². The van der Waals surface area contributed by atoms with Crippen LogP contribution in [0.5, 0.6) is 5.75 Å². The lowest BCUT2D eigenvalue weighted by atomic mass is 9.92. The first-order valence-corrected chi connectivity index (χ1v) is 14.8. The number of aryl methyl sites for hydroxylation is 1. The van der Waals surface area contributed by atoms with Crippen LogP contribution in [0.3, 0.4) is 0 Å². The first kappa shape index (κ1) is 29.7. The van der Waals surface area contributed by atoms with Gasteiger partial charge in [0, 0.05) is 24.6 Å². The number of fused-ring (bicyclic) bond motifs is 2. The van der Waals surface area contributed by atoms with Gasteiger partial charge in [-0.2, -0.15) is 0 Å². The largest absolute Gasteiger partial charge is 0.468 e. The van der Waals surface area contributed by atoms with Gasteiger partial charge < -0.3 is 24.2 Å². The molecule has 1 unspecified atom stereocenters. The molecule has 3 aromatic carbocycles. The Bertz CT molecular complexity index is 1600. The predicted molar refractivity (Wildman–Crippen MR) is 159 cm³/mol. The second kappa shape index (κ2) is 12.2. The smallest absolute Gasteiger partial charge is 0.190 e. The minimum atomic E-state index is -1.13. The lowest BCUT2D eigenvalue weighted by molar-refractivity contribution is -0.0123. The van der Waals surface area contributed by atoms with E-state index in [-0.39, 0.29) is 41.9 Å². The topological polar surface area (TPSA) is 76.9 Å². The summed E-state index contributed by atoms with van der Waals surface area (Å²) in [5.41, 5.74) is -0.110. The zero-order valence-corrected chi connectivity index (χ0v) is 25.0. The van der Waals surface area contributed by atoms with Gasteiger partial charge in [-0.1, -0.05) is 43.3 Å². The van der Waals surface area contributed by atoms with Crippen molar-refractivity contribution in [3.05, 3.63) is 52.6 Å². The van der Waals surface area contributed by atoms with Crippen molar-refractivity contribution in [3.8, 4) is 16.9 Å². The van der Waals surface area contributed by atoms with E-state index in [1.807, 2.05) is 18.7 Å². The molecule has 218 valence electrons. The highest BCUT2D eigenvalue weighted by Crippen LogP contribution is 2.44. The molecule has 0 bridgehead atoms. The maximum atomic E-state index is 16.8. The number of nitrogens with zero attached hydrogens (tertiary/aromatic N) is 3. The van der Waals surface area contributed by atoms with Gasteiger partial charge in [-0.05, 0) is 65.3 Å². The van der Waals surface area contributed by atoms with Crippen molar-refractivity contribution >= 4 is 50.9 Å². The zero-order valence-electron chi connectivity index (χ0n) is 23.4. The highest BCUT2D eigenvalue weighted by Gasteiger charge is 2.31. The van der Waals surface area contributed by atoms with Gasteiger partial charge in [-0.25, -0.2) is 18.7 Å². The summed E-state index contributed by atoms with van der Waals surface area (Å²) in [5, 5.41) is 13.0. The summed E-state index contributed by atoms with van der Waals surface area (Å²) in [6.07, 6.45) is 0.391. The summed E-state index contributed by atoms with van der Waals surface area (Å²) in [6, 6.07) is 8.11. The van der Waals surface area contributed by atoms with Crippen LogP contribution in [0.4, 0.5) is 14.6 Å². The van der Waals surface area contributed by atoms with Crippen molar-refractivity contribution in [2.24, 2.45) is 0 Å². The molecular formula is C30H32ClF2N3O4S. The molecule has 0 saturated carbocycles. The second-order valence-corrected chi connectivity index (χ2v) is 11.8. The molecule has 1 atom stereocenters. The number of rotatable bonds is 8. The SMILES string of the molecule is CCSc1nc(N2CCOCC(C)(O)C2)c2cc(Cl)c(-c3cc(OCOC)cc4ccc(F)c(CC)c34)c(F)c2n1. The molecule has 2 heterocycles. The molecular weight excluding hydrogens is 572 g/mol. The molecule has 0 amide bonds. The molecule has 1 aromatic heterocycles. The fraction of sp³-hybridized carbons (Fsp3) is 0.400. The fourth-order valence-electron chi connectivity index (χ4n) is 5.27. The lowest BCUT2D eigenvalue weighted by Gasteiger charge is -2.29. The lowest BCUT2D eigenvalue weighted by Crippen LogP contribution is -2.42. The van der Waals surface area contributed by atoms with Crippen LogP contribution in [0.25, 0.3) is 32.8 Å². The third-order valence-corrected chi connectivity index (χ3v) is 8.00. The van der Waals surface area contributed by atoms with E-state index in [9.17, 15) is 5.11 Å². The van der Waals surface area contributed by atoms with Gasteiger partial charge in [-0.3, -0.25) is 0 Å². The van der Waals surface area contributed by atoms with Gasteiger partial charge in [0.1, 0.15) is 28.5 Å². The third-order valence-electron chi connectivity index (χ3n) is 6.97. The first-order valence-electron chi connectivity index (χ1n) is 13.4. The van der Waals surface area contributed by atoms with E-state index in [4.69, 9.17) is 30.8 Å². The standard InChI is InChI=1S/C30H32ClF2N3O4S/c1-5-19-23(32)8-7-17-11-18(40-16-38-4)12-20(24(17)19)25-22(31)13-21-27(26(25)33)34-29(41-6-2)35-28(21)36-9-10-39-15-30(3,37)14-36/h7-8,11-13,37H,5-6,9-10,14-16H2,1-4H3. The summed E-state index contributed by atoms with van der Waals surface area (Å²) < 4.78 is 48.2. The maximum absolute atomic E-state index is 16.8. The van der Waals surface area contributed by atoms with Crippen LogP contribution in [0.15, 0.2) is 35.5 Å². The van der Waals surface area contributed by atoms with Crippen molar-refractivity contribution in [2.45, 2.75) is 37.9 Å². The van der Waals surface area contributed by atoms with Crippen molar-refractivity contribution in [1.29, 1.82) is 0 Å². The molecule has 1 N–H and O–H groups in total. The summed E-state index contributed by atoms with van der Waals surface area (Å²) in [6.45, 7) is 6.72. The average molecular weight is 604 g/mol. The van der Waals surface area contributed by atoms with Crippen molar-refractivity contribution in [2.75, 3.05) is 50.9 Å². The number of β-amino-alcohol motifs (C(OH)–C–C–N with tert-alkyl or cyclic N) is 1. The van der Waals surface area contributed by atoms with Crippen LogP contribution in [0.2, 0.25) is 5.02 Å². The highest BCUT2D eigenvalue weighted by atomic mass is 35.5. The van der Waals surface area contributed by atoms with E-state index in [1.54, 1.807) is 31.2 Å². The highest BCUT2D eigenvalue weighted by molar-refractivity contribution is 7.99. The molecule has 7 nitrogen and oxygen atoms in total. The Kier molecular flexibility index (Phi) is 8.87. The normalized spacial score (nSPS) is 17.8. The van der Waals surface area contributed by atoms with E-state index in [0.717, 1.165) is 0 Å². The Morgan fingerprint density at radius 3 is 2.73 bits per heavy atom. The van der Waals surface area contributed by atoms with Gasteiger partial charge >= 0.3 is 0 Å². The van der Waals surface area contributed by atoms with Crippen molar-refractivity contribution < 1.29 is 28.1 Å². The number of methoxy groups -OCH3 is 1. The van der Waals surface area contributed by atoms with Gasteiger partial charge in [0.25, 0.3) is 0 Å². The zero-order chi connectivity index (χ0) is 29.3. The molecule has 5 rings (SSSR count). The van der Waals surface area contributed by atoms with E-state index in [2.05, 4.69) is 4.98 Å². The van der Waals surface area contributed by atoms with Crippen LogP contribution in [0.1, 0.15) is 26.3 Å². The molecule has 1 aliphatic heterocycles. The Balaban J connectivity index is 1.81. The number of hydrogen-bond acceptors (Lipinski definition) is 8. The number of thioether (sulfide) groups is 1. The molecule has 41 heavy (non-hydrogen) atoms. The Hall–Kier alpha value is -2.76. The Morgan fingerprint density at radius 1 is 1.20 bits per heavy atom. The summed E-state index contributed by atoms with van der Waals surface area (Å²) >= 11 is 8.27. The number of benzene rings is 3. The van der Waals surface area contributed by atoms with Crippen LogP contribution in [0, 0.1) is 11.6 Å². The predicted octanol–water partition coefficient (Wildman–Crippen LogP) is 6.63. The molecule has 0 spiro atoms. The molecule has 4 aromatic rings. The fourth-order valence-corrected chi connectivity index (χ4v) is 6.13. The summed E-state index contributed by atoms with van der Waals surface area (Å²) in [7, 11) is 1.51. The minimum Gasteiger partial charge on any atom is -0.468 e. The summed E-state index contributed by atoms with van der Waals surface area (Å²) in [4.78, 5) is 11.2. The van der Waals surface area contributed by atoms with Gasteiger partial charge in [0.15, 0.2) is 17.8 Å². The van der Waals surface area contributed by atoms with Crippen LogP contribution in [-0.2, 0) is 15.9 Å². The average Bonchev–Trinajstić information content (AvgIpc) is 3.12. The molecule has 0 aliphatic carbocycles. The van der Waals surface area contributed by atoms with Gasteiger partial charge in [0.2, 0.25) is 0 Å². The second-order valence-electron chi connectivity index (χ2n) is 10.2. The Labute approximate surface area is 246 Å². The molecule has 11 heteroatoms. The number of aromatic nitrogens is 2. The monoisotopic (exact) mass is 603 g/mol. The number of aliphatic hydroxyl groups is 1. The van der Waals surface area contributed by atoms with Gasteiger partial charge in [0.05, 0.1) is 24.8 Å². The number of hydrogen-bond donors (Lipinski definition) is 1. The number of halogens is 3. The van der Waals surface area contributed by atoms with E-state index in [0.29, 0.717) is 69.3 Å². The third kappa shape index (κ3) is 5.94. The van der Waals surface area contributed by atoms with Gasteiger partial charge in [-0.15, -0.1) is 0 Å². The number of anilines is 1. The minimum absolute atomic E-state index is 0.0157. The van der Waals surface area contributed by atoms with E-state index < -0.39 is 11.4 Å². The summed E-state index contributed by atoms with van der Waals surface area (Å²) in [5.74, 6) is 0.535. The van der Waals surface area contributed by atoms with E-state index >= 15 is 8.78 Å². The molecule has 1 saturated heterocycles.